The molecule has 2 N–H and O–H groups in total. The minimum absolute atomic E-state index is 0.257. The molecule has 1 heterocycles. The predicted octanol–water partition coefficient (Wildman–Crippen LogP) is 2.81. The molecule has 0 amide bonds. The average Bonchev–Trinajstić information content (AvgIpc) is 2.36. The van der Waals surface area contributed by atoms with Crippen LogP contribution in [-0.4, -0.2) is 16.0 Å². The van der Waals surface area contributed by atoms with Crippen LogP contribution >= 0.6 is 19.2 Å². The van der Waals surface area contributed by atoms with Crippen molar-refractivity contribution in [2.45, 2.75) is 26.4 Å². The third kappa shape index (κ3) is 3.13. The Morgan fingerprint density at radius 2 is 2.15 bits per heavy atom. The summed E-state index contributed by atoms with van der Waals surface area (Å²) in [5.74, 6) is 0. The van der Waals surface area contributed by atoms with Crippen LogP contribution in [0.4, 0.5) is 0 Å². The van der Waals surface area contributed by atoms with Crippen molar-refractivity contribution in [3.05, 3.63) is 39.6 Å². The van der Waals surface area contributed by atoms with Crippen molar-refractivity contribution in [3.63, 3.8) is 0 Å². The highest BCUT2D eigenvalue weighted by molar-refractivity contribution is 7.61. The van der Waals surface area contributed by atoms with Gasteiger partial charge in [0.1, 0.15) is 5.30 Å². The van der Waals surface area contributed by atoms with Crippen molar-refractivity contribution in [1.82, 2.24) is 4.98 Å². The van der Waals surface area contributed by atoms with Crippen molar-refractivity contribution in [3.8, 4) is 0 Å². The van der Waals surface area contributed by atoms with Gasteiger partial charge in [-0.15, -0.1) is 0 Å². The minimum atomic E-state index is -4.15. The number of aromatic amines is 1. The Bertz CT molecular complexity index is 743. The van der Waals surface area contributed by atoms with Crippen LogP contribution in [0, 0.1) is 0 Å². The summed E-state index contributed by atoms with van der Waals surface area (Å²) in [5.41, 5.74) is -0.135. The Labute approximate surface area is 121 Å². The van der Waals surface area contributed by atoms with Gasteiger partial charge in [0, 0.05) is 10.5 Å². The number of H-pyrrole nitrogens is 1. The van der Waals surface area contributed by atoms with Crippen LogP contribution < -0.4 is 10.9 Å². The zero-order valence-corrected chi connectivity index (χ0v) is 12.7. The number of nitrogens with one attached hydrogen (secondary N) is 1. The normalized spacial score (nSPS) is 16.0. The molecule has 7 heteroatoms. The first-order valence-corrected chi connectivity index (χ1v) is 8.13. The van der Waals surface area contributed by atoms with Gasteiger partial charge in [-0.3, -0.25) is 9.36 Å². The molecule has 0 spiro atoms. The van der Waals surface area contributed by atoms with Crippen LogP contribution in [0.5, 0.6) is 0 Å². The number of aromatic nitrogens is 1. The molecular weight excluding hydrogens is 301 g/mol. The largest absolute Gasteiger partial charge is 0.364 e. The molecule has 0 aliphatic carbocycles. The van der Waals surface area contributed by atoms with E-state index in [0.717, 1.165) is 0 Å². The van der Waals surface area contributed by atoms with Crippen molar-refractivity contribution in [2.75, 3.05) is 0 Å². The number of pyridine rings is 1. The molecule has 0 bridgehead atoms. The molecule has 108 valence electrons. The van der Waals surface area contributed by atoms with Crippen LogP contribution in [0.2, 0.25) is 5.02 Å². The Morgan fingerprint density at radius 1 is 1.45 bits per heavy atom. The van der Waals surface area contributed by atoms with Gasteiger partial charge >= 0.3 is 7.60 Å². The van der Waals surface area contributed by atoms with Gasteiger partial charge in [0.15, 0.2) is 0 Å². The van der Waals surface area contributed by atoms with E-state index in [1.54, 1.807) is 25.1 Å². The van der Waals surface area contributed by atoms with Gasteiger partial charge in [0.2, 0.25) is 0 Å². The summed E-state index contributed by atoms with van der Waals surface area (Å²) in [5, 5.41) is 0.836. The Balaban J connectivity index is 2.54. The van der Waals surface area contributed by atoms with E-state index in [2.05, 4.69) is 4.98 Å². The Morgan fingerprint density at radius 3 is 2.80 bits per heavy atom. The first-order valence-electron chi connectivity index (χ1n) is 6.18. The van der Waals surface area contributed by atoms with Crippen molar-refractivity contribution in [2.24, 2.45) is 0 Å². The summed E-state index contributed by atoms with van der Waals surface area (Å²) in [6.45, 7) is 3.51. The van der Waals surface area contributed by atoms with E-state index < -0.39 is 19.3 Å². The molecular formula is C13H15ClNO4P. The highest BCUT2D eigenvalue weighted by Crippen LogP contribution is 2.41. The summed E-state index contributed by atoms with van der Waals surface area (Å²) in [6.07, 6.45) is 0.164. The van der Waals surface area contributed by atoms with Crippen LogP contribution in [0.25, 0.3) is 10.9 Å². The molecule has 1 aromatic carbocycles. The zero-order valence-electron chi connectivity index (χ0n) is 11.1. The Hall–Kier alpha value is -1.13. The summed E-state index contributed by atoms with van der Waals surface area (Å²) in [4.78, 5) is 24.5. The molecule has 1 aromatic heterocycles. The molecule has 2 unspecified atom stereocenters. The maximum absolute atomic E-state index is 12.2. The molecule has 2 rings (SSSR count). The van der Waals surface area contributed by atoms with Gasteiger partial charge in [-0.05, 0) is 36.9 Å². The lowest BCUT2D eigenvalue weighted by Crippen LogP contribution is -2.29. The topological polar surface area (TPSA) is 79.4 Å². The maximum Gasteiger partial charge on any atom is 0.364 e. The lowest BCUT2D eigenvalue weighted by Gasteiger charge is -2.16. The van der Waals surface area contributed by atoms with E-state index in [-0.39, 0.29) is 5.30 Å². The monoisotopic (exact) mass is 315 g/mol. The number of fused-ring (bicyclic) bond motifs is 1. The quantitative estimate of drug-likeness (QED) is 0.850. The van der Waals surface area contributed by atoms with Gasteiger partial charge < -0.3 is 14.4 Å². The molecule has 2 aromatic rings. The smallest absolute Gasteiger partial charge is 0.321 e. The first-order chi connectivity index (χ1) is 9.33. The fourth-order valence-corrected chi connectivity index (χ4v) is 3.28. The summed E-state index contributed by atoms with van der Waals surface area (Å²) < 4.78 is 17.3. The molecule has 0 aliphatic heterocycles. The number of rotatable bonds is 4. The van der Waals surface area contributed by atoms with Crippen LogP contribution in [-0.2, 0) is 9.09 Å². The van der Waals surface area contributed by atoms with Gasteiger partial charge in [-0.25, -0.2) is 0 Å². The SMILES string of the molecule is CCC(C)OP(=O)(O)c1cc2ccc(Cl)cc2[nH]c1=O. The molecule has 0 saturated heterocycles. The second kappa shape index (κ2) is 5.70. The first kappa shape index (κ1) is 15.3. The van der Waals surface area contributed by atoms with Gasteiger partial charge in [-0.2, -0.15) is 0 Å². The Kier molecular flexibility index (Phi) is 4.35. The third-order valence-corrected chi connectivity index (χ3v) is 4.81. The van der Waals surface area contributed by atoms with Gasteiger partial charge in [0.25, 0.3) is 5.56 Å². The number of hydrogen-bond acceptors (Lipinski definition) is 3. The third-order valence-electron chi connectivity index (χ3n) is 2.99. The average molecular weight is 316 g/mol. The number of benzene rings is 1. The van der Waals surface area contributed by atoms with Crippen molar-refractivity contribution < 1.29 is 14.0 Å². The summed E-state index contributed by atoms with van der Waals surface area (Å²) in [6, 6.07) is 6.26. The highest BCUT2D eigenvalue weighted by atomic mass is 35.5. The minimum Gasteiger partial charge on any atom is -0.321 e. The molecule has 5 nitrogen and oxygen atoms in total. The van der Waals surface area contributed by atoms with Crippen LogP contribution in [0.1, 0.15) is 20.3 Å². The van der Waals surface area contributed by atoms with E-state index >= 15 is 0 Å². The van der Waals surface area contributed by atoms with Crippen LogP contribution in [0.15, 0.2) is 29.1 Å². The van der Waals surface area contributed by atoms with Gasteiger partial charge in [0.05, 0.1) is 6.10 Å². The summed E-state index contributed by atoms with van der Waals surface area (Å²) in [7, 11) is -4.15. The van der Waals surface area contributed by atoms with E-state index in [4.69, 9.17) is 16.1 Å². The van der Waals surface area contributed by atoms with E-state index in [0.29, 0.717) is 22.3 Å². The molecule has 0 aliphatic rings. The number of hydrogen-bond donors (Lipinski definition) is 2. The highest BCUT2D eigenvalue weighted by Gasteiger charge is 2.28. The zero-order chi connectivity index (χ0) is 14.9. The molecule has 0 radical (unpaired) electrons. The molecule has 20 heavy (non-hydrogen) atoms. The van der Waals surface area contributed by atoms with Crippen molar-refractivity contribution >= 4 is 35.4 Å². The lowest BCUT2D eigenvalue weighted by atomic mass is 10.2. The predicted molar refractivity (Wildman–Crippen MR) is 79.9 cm³/mol. The van der Waals surface area contributed by atoms with E-state index in [9.17, 15) is 14.3 Å². The van der Waals surface area contributed by atoms with Crippen LogP contribution in [0.3, 0.4) is 0 Å². The van der Waals surface area contributed by atoms with E-state index in [1.165, 1.54) is 6.07 Å². The second-order valence-electron chi connectivity index (χ2n) is 4.56. The molecule has 2 atom stereocenters. The fourth-order valence-electron chi connectivity index (χ4n) is 1.75. The maximum atomic E-state index is 12.2. The van der Waals surface area contributed by atoms with Crippen molar-refractivity contribution in [1.29, 1.82) is 0 Å². The standard InChI is InChI=1S/C13H15ClNO4P/c1-3-8(2)19-20(17,18)12-6-9-4-5-10(14)7-11(9)15-13(12)16/h4-8H,3H2,1-2H3,(H,15,16)(H,17,18). The second-order valence-corrected chi connectivity index (χ2v) is 6.73. The van der Waals surface area contributed by atoms with E-state index in [1.807, 2.05) is 6.92 Å². The molecule has 0 saturated carbocycles. The van der Waals surface area contributed by atoms with Gasteiger partial charge in [-0.1, -0.05) is 24.6 Å². The lowest BCUT2D eigenvalue weighted by molar-refractivity contribution is 0.192. The number of halogens is 1. The fraction of sp³-hybridized carbons (Fsp3) is 0.308. The summed E-state index contributed by atoms with van der Waals surface area (Å²) >= 11 is 5.84. The molecule has 0 fully saturated rings.